The first-order valence-corrected chi connectivity index (χ1v) is 4.64. The van der Waals surface area contributed by atoms with E-state index in [2.05, 4.69) is 11.6 Å². The van der Waals surface area contributed by atoms with Crippen LogP contribution in [0.2, 0.25) is 0 Å². The van der Waals surface area contributed by atoms with E-state index in [1.807, 2.05) is 19.9 Å². The third kappa shape index (κ3) is 2.31. The monoisotopic (exact) mass is 202 g/mol. The molecule has 1 rings (SSSR count). The molecule has 1 heterocycles. The molecule has 0 unspecified atom stereocenters. The van der Waals surface area contributed by atoms with Gasteiger partial charge in [-0.3, -0.25) is 9.78 Å². The van der Waals surface area contributed by atoms with Crippen molar-refractivity contribution in [2.45, 2.75) is 13.8 Å². The Bertz CT molecular complexity index is 433. The van der Waals surface area contributed by atoms with Crippen molar-refractivity contribution >= 4 is 11.5 Å². The summed E-state index contributed by atoms with van der Waals surface area (Å²) in [6, 6.07) is 1.62. The highest BCUT2D eigenvalue weighted by molar-refractivity contribution is 5.99. The molecular formula is C12H14N2O. The highest BCUT2D eigenvalue weighted by atomic mass is 16.1. The van der Waals surface area contributed by atoms with Crippen molar-refractivity contribution in [2.75, 3.05) is 0 Å². The summed E-state index contributed by atoms with van der Waals surface area (Å²) < 4.78 is 0. The minimum absolute atomic E-state index is 0.451. The highest BCUT2D eigenvalue weighted by Gasteiger charge is 2.11. The van der Waals surface area contributed by atoms with Crippen molar-refractivity contribution in [2.24, 2.45) is 5.73 Å². The summed E-state index contributed by atoms with van der Waals surface area (Å²) in [5, 5.41) is 0. The molecule has 0 atom stereocenters. The van der Waals surface area contributed by atoms with Gasteiger partial charge in [0.05, 0.1) is 0 Å². The smallest absolute Gasteiger partial charge is 0.249 e. The Morgan fingerprint density at radius 3 is 2.67 bits per heavy atom. The topological polar surface area (TPSA) is 56.0 Å². The molecule has 0 radical (unpaired) electrons. The van der Waals surface area contributed by atoms with Crippen molar-refractivity contribution < 1.29 is 4.79 Å². The maximum absolute atomic E-state index is 11.2. The number of allylic oxidation sites excluding steroid dienone is 3. The number of aromatic nitrogens is 1. The lowest BCUT2D eigenvalue weighted by Gasteiger charge is -2.09. The second-order valence-electron chi connectivity index (χ2n) is 3.27. The molecule has 0 aromatic carbocycles. The number of carbonyl (C=O) groups is 1. The molecule has 0 aliphatic carbocycles. The Labute approximate surface area is 89.3 Å². The summed E-state index contributed by atoms with van der Waals surface area (Å²) in [4.78, 5) is 15.2. The van der Waals surface area contributed by atoms with Crippen LogP contribution in [0.4, 0.5) is 0 Å². The van der Waals surface area contributed by atoms with Crippen LogP contribution in [0.5, 0.6) is 0 Å². The summed E-state index contributed by atoms with van der Waals surface area (Å²) in [6.45, 7) is 7.63. The minimum Gasteiger partial charge on any atom is -0.366 e. The van der Waals surface area contributed by atoms with Crippen LogP contribution >= 0.6 is 0 Å². The summed E-state index contributed by atoms with van der Waals surface area (Å²) in [5.41, 5.74) is 8.28. The van der Waals surface area contributed by atoms with Gasteiger partial charge in [-0.25, -0.2) is 0 Å². The van der Waals surface area contributed by atoms with E-state index in [0.717, 1.165) is 16.7 Å². The Morgan fingerprint density at radius 1 is 1.53 bits per heavy atom. The van der Waals surface area contributed by atoms with Gasteiger partial charge in [-0.2, -0.15) is 0 Å². The van der Waals surface area contributed by atoms with Crippen LogP contribution in [0.15, 0.2) is 36.7 Å². The zero-order chi connectivity index (χ0) is 11.4. The van der Waals surface area contributed by atoms with Gasteiger partial charge >= 0.3 is 0 Å². The first-order valence-electron chi connectivity index (χ1n) is 4.64. The maximum atomic E-state index is 11.2. The standard InChI is InChI=1S/C12H14N2O/c1-4-9(8(2)3)11-7-14-6-5-10(11)12(13)15/h4-7H,2H2,1,3H3,(H2,13,15)/b9-4+. The summed E-state index contributed by atoms with van der Waals surface area (Å²) in [7, 11) is 0. The van der Waals surface area contributed by atoms with E-state index in [0.29, 0.717) is 5.56 Å². The molecule has 1 aromatic heterocycles. The van der Waals surface area contributed by atoms with Gasteiger partial charge in [-0.05, 0) is 25.5 Å². The van der Waals surface area contributed by atoms with Gasteiger partial charge in [0, 0.05) is 23.5 Å². The molecule has 0 fully saturated rings. The average molecular weight is 202 g/mol. The molecular weight excluding hydrogens is 188 g/mol. The fraction of sp³-hybridized carbons (Fsp3) is 0.167. The van der Waals surface area contributed by atoms with Crippen molar-refractivity contribution in [3.63, 3.8) is 0 Å². The zero-order valence-corrected chi connectivity index (χ0v) is 8.95. The molecule has 0 aliphatic rings. The second kappa shape index (κ2) is 4.55. The van der Waals surface area contributed by atoms with Crippen LogP contribution in [0.25, 0.3) is 5.57 Å². The van der Waals surface area contributed by atoms with Gasteiger partial charge in [0.15, 0.2) is 0 Å². The Morgan fingerprint density at radius 2 is 2.20 bits per heavy atom. The molecule has 1 amide bonds. The van der Waals surface area contributed by atoms with Crippen LogP contribution in [0.3, 0.4) is 0 Å². The summed E-state index contributed by atoms with van der Waals surface area (Å²) >= 11 is 0. The molecule has 15 heavy (non-hydrogen) atoms. The Balaban J connectivity index is 3.36. The van der Waals surface area contributed by atoms with E-state index >= 15 is 0 Å². The van der Waals surface area contributed by atoms with Crippen LogP contribution in [0, 0.1) is 0 Å². The largest absolute Gasteiger partial charge is 0.366 e. The summed E-state index contributed by atoms with van der Waals surface area (Å²) in [6.07, 6.45) is 5.07. The number of nitrogens with zero attached hydrogens (tertiary/aromatic N) is 1. The van der Waals surface area contributed by atoms with Gasteiger partial charge in [0.2, 0.25) is 5.91 Å². The van der Waals surface area contributed by atoms with Gasteiger partial charge in [-0.15, -0.1) is 0 Å². The van der Waals surface area contributed by atoms with Gasteiger partial charge in [-0.1, -0.05) is 18.2 Å². The third-order valence-electron chi connectivity index (χ3n) is 2.13. The molecule has 2 N–H and O–H groups in total. The number of carbonyl (C=O) groups excluding carboxylic acids is 1. The predicted octanol–water partition coefficient (Wildman–Crippen LogP) is 2.16. The molecule has 0 saturated carbocycles. The number of hydrogen-bond donors (Lipinski definition) is 1. The first kappa shape index (κ1) is 11.2. The molecule has 0 spiro atoms. The van der Waals surface area contributed by atoms with Gasteiger partial charge in [0.1, 0.15) is 0 Å². The maximum Gasteiger partial charge on any atom is 0.249 e. The Kier molecular flexibility index (Phi) is 3.39. The highest BCUT2D eigenvalue weighted by Crippen LogP contribution is 2.23. The predicted molar refractivity (Wildman–Crippen MR) is 61.2 cm³/mol. The molecule has 78 valence electrons. The number of hydrogen-bond acceptors (Lipinski definition) is 2. The number of rotatable bonds is 3. The average Bonchev–Trinajstić information content (AvgIpc) is 2.18. The lowest BCUT2D eigenvalue weighted by molar-refractivity contribution is 0.1000. The fourth-order valence-electron chi connectivity index (χ4n) is 1.46. The van der Waals surface area contributed by atoms with Gasteiger partial charge in [0.25, 0.3) is 0 Å². The molecule has 1 aromatic rings. The summed E-state index contributed by atoms with van der Waals surface area (Å²) in [5.74, 6) is -0.451. The third-order valence-corrected chi connectivity index (χ3v) is 2.13. The normalized spacial score (nSPS) is 11.2. The second-order valence-corrected chi connectivity index (χ2v) is 3.27. The van der Waals surface area contributed by atoms with E-state index in [1.54, 1.807) is 18.5 Å². The molecule has 0 aliphatic heterocycles. The van der Waals surface area contributed by atoms with E-state index < -0.39 is 5.91 Å². The van der Waals surface area contributed by atoms with Gasteiger partial charge < -0.3 is 5.73 Å². The Hall–Kier alpha value is -1.90. The van der Waals surface area contributed by atoms with Crippen LogP contribution in [-0.4, -0.2) is 10.9 Å². The fourth-order valence-corrected chi connectivity index (χ4v) is 1.46. The lowest BCUT2D eigenvalue weighted by atomic mass is 9.97. The van der Waals surface area contributed by atoms with Crippen LogP contribution in [0.1, 0.15) is 29.8 Å². The quantitative estimate of drug-likeness (QED) is 0.763. The first-order chi connectivity index (χ1) is 7.07. The number of pyridine rings is 1. The number of nitrogens with two attached hydrogens (primary N) is 1. The molecule has 0 bridgehead atoms. The molecule has 0 saturated heterocycles. The number of amides is 1. The lowest BCUT2D eigenvalue weighted by Crippen LogP contribution is -2.13. The van der Waals surface area contributed by atoms with Crippen molar-refractivity contribution in [1.82, 2.24) is 4.98 Å². The van der Waals surface area contributed by atoms with Crippen LogP contribution < -0.4 is 5.73 Å². The molecule has 3 nitrogen and oxygen atoms in total. The minimum atomic E-state index is -0.451. The van der Waals surface area contributed by atoms with Crippen molar-refractivity contribution in [1.29, 1.82) is 0 Å². The van der Waals surface area contributed by atoms with E-state index in [-0.39, 0.29) is 0 Å². The number of primary amides is 1. The van der Waals surface area contributed by atoms with E-state index in [9.17, 15) is 4.79 Å². The van der Waals surface area contributed by atoms with E-state index in [4.69, 9.17) is 5.73 Å². The zero-order valence-electron chi connectivity index (χ0n) is 8.95. The van der Waals surface area contributed by atoms with Crippen LogP contribution in [-0.2, 0) is 0 Å². The SMILES string of the molecule is C=C(C)/C(=C\C)c1cnccc1C(N)=O. The molecule has 3 heteroatoms. The van der Waals surface area contributed by atoms with E-state index in [1.165, 1.54) is 0 Å². The van der Waals surface area contributed by atoms with Crippen molar-refractivity contribution in [3.05, 3.63) is 47.8 Å². The van der Waals surface area contributed by atoms with Crippen molar-refractivity contribution in [3.8, 4) is 0 Å².